The molecule has 0 amide bonds. The van der Waals surface area contributed by atoms with Crippen LogP contribution in [0.25, 0.3) is 0 Å². The second-order valence-corrected chi connectivity index (χ2v) is 13.3. The Hall–Kier alpha value is -2.41. The average molecular weight is 393 g/mol. The van der Waals surface area contributed by atoms with Crippen molar-refractivity contribution in [2.75, 3.05) is 0 Å². The molecule has 0 fully saturated rings. The van der Waals surface area contributed by atoms with Crippen molar-refractivity contribution in [1.82, 2.24) is 9.55 Å². The first-order chi connectivity index (χ1) is 13.1. The summed E-state index contributed by atoms with van der Waals surface area (Å²) in [6.07, 6.45) is 4.48. The van der Waals surface area contributed by atoms with Gasteiger partial charge in [-0.3, -0.25) is 0 Å². The van der Waals surface area contributed by atoms with Crippen molar-refractivity contribution < 1.29 is 0 Å². The van der Waals surface area contributed by atoms with E-state index in [1.807, 2.05) is 37.8 Å². The molecule has 136 valence electrons. The Labute approximate surface area is 165 Å². The van der Waals surface area contributed by atoms with Crippen LogP contribution in [0.1, 0.15) is 5.69 Å². The third-order valence-corrected chi connectivity index (χ3v) is 12.4. The number of nitrogens with zero attached hydrogens (tertiary/aromatic N) is 2. The molecule has 27 heavy (non-hydrogen) atoms. The molecule has 0 saturated heterocycles. The maximum absolute atomic E-state index is 8.03. The van der Waals surface area contributed by atoms with E-state index < -0.39 is 5.96 Å². The van der Waals surface area contributed by atoms with Gasteiger partial charge in [0, 0.05) is 0 Å². The molecule has 0 radical (unpaired) electrons. The third-order valence-electron chi connectivity index (χ3n) is 5.26. The molecular formula is C23H22ClN2P. The Morgan fingerprint density at radius 3 is 1.48 bits per heavy atom. The van der Waals surface area contributed by atoms with Crippen LogP contribution in [-0.4, -0.2) is 9.55 Å². The zero-order valence-electron chi connectivity index (χ0n) is 15.2. The van der Waals surface area contributed by atoms with Crippen LogP contribution in [0.2, 0.25) is 0 Å². The van der Waals surface area contributed by atoms with E-state index in [-0.39, 0.29) is 0 Å². The number of aromatic nitrogens is 2. The number of aryl methyl sites for hydroxylation is 1. The average Bonchev–Trinajstić information content (AvgIpc) is 3.14. The number of hydrogen-bond acceptors (Lipinski definition) is 1. The van der Waals surface area contributed by atoms with Crippen molar-refractivity contribution in [3.63, 3.8) is 0 Å². The molecule has 0 atom stereocenters. The molecule has 2 nitrogen and oxygen atoms in total. The van der Waals surface area contributed by atoms with Crippen LogP contribution in [0.4, 0.5) is 0 Å². The van der Waals surface area contributed by atoms with Crippen LogP contribution in [0.3, 0.4) is 0 Å². The van der Waals surface area contributed by atoms with Crippen LogP contribution >= 0.6 is 17.2 Å². The molecule has 1 aromatic heterocycles. The van der Waals surface area contributed by atoms with E-state index in [9.17, 15) is 0 Å². The number of benzene rings is 3. The first-order valence-corrected chi connectivity index (χ1v) is 12.3. The maximum atomic E-state index is 8.03. The summed E-state index contributed by atoms with van der Waals surface area (Å²) in [5.74, 6) is -3.26. The van der Waals surface area contributed by atoms with Gasteiger partial charge >= 0.3 is 165 Å². The quantitative estimate of drug-likeness (QED) is 0.454. The van der Waals surface area contributed by atoms with Crippen LogP contribution in [-0.2, 0) is 13.2 Å². The van der Waals surface area contributed by atoms with Crippen LogP contribution in [0.5, 0.6) is 0 Å². The molecule has 0 bridgehead atoms. The van der Waals surface area contributed by atoms with Gasteiger partial charge in [0.2, 0.25) is 0 Å². The second-order valence-electron chi connectivity index (χ2n) is 6.84. The number of rotatable bonds is 5. The predicted octanol–water partition coefficient (Wildman–Crippen LogP) is 4.60. The number of halogens is 1. The van der Waals surface area contributed by atoms with Crippen molar-refractivity contribution in [2.24, 2.45) is 7.05 Å². The van der Waals surface area contributed by atoms with Crippen LogP contribution in [0.15, 0.2) is 104 Å². The summed E-state index contributed by atoms with van der Waals surface area (Å²) >= 11 is 8.03. The van der Waals surface area contributed by atoms with Gasteiger partial charge in [-0.05, 0) is 0 Å². The Kier molecular flexibility index (Phi) is 4.63. The number of imidazole rings is 1. The van der Waals surface area contributed by atoms with Gasteiger partial charge in [0.25, 0.3) is 0 Å². The molecule has 0 N–H and O–H groups in total. The molecule has 4 rings (SSSR count). The van der Waals surface area contributed by atoms with E-state index in [1.165, 1.54) is 15.9 Å². The van der Waals surface area contributed by atoms with E-state index >= 15 is 0 Å². The Morgan fingerprint density at radius 2 is 1.15 bits per heavy atom. The SMILES string of the molecule is Cn1cncc1CP(Cl)(c1ccccc1)(c1ccccc1)c1ccccc1. The van der Waals surface area contributed by atoms with Crippen LogP contribution < -0.4 is 15.9 Å². The van der Waals surface area contributed by atoms with Gasteiger partial charge in [-0.2, -0.15) is 0 Å². The summed E-state index contributed by atoms with van der Waals surface area (Å²) in [5.41, 5.74) is 1.12. The Bertz CT molecular complexity index is 930. The first-order valence-electron chi connectivity index (χ1n) is 8.98. The van der Waals surface area contributed by atoms with E-state index in [4.69, 9.17) is 11.2 Å². The molecule has 1 heterocycles. The molecule has 3 aromatic carbocycles. The summed E-state index contributed by atoms with van der Waals surface area (Å²) in [6, 6.07) is 31.6. The summed E-state index contributed by atoms with van der Waals surface area (Å²) < 4.78 is 2.07. The van der Waals surface area contributed by atoms with Gasteiger partial charge in [-0.25, -0.2) is 0 Å². The fraction of sp³-hybridized carbons (Fsp3) is 0.0870. The van der Waals surface area contributed by atoms with Gasteiger partial charge in [0.1, 0.15) is 0 Å². The summed E-state index contributed by atoms with van der Waals surface area (Å²) in [7, 11) is 2.03. The molecule has 0 spiro atoms. The van der Waals surface area contributed by atoms with Crippen LogP contribution in [0, 0.1) is 0 Å². The minimum atomic E-state index is -3.26. The Balaban J connectivity index is 2.11. The first kappa shape index (κ1) is 18.0. The number of hydrogen-bond donors (Lipinski definition) is 0. The normalized spacial score (nSPS) is 13.0. The predicted molar refractivity (Wildman–Crippen MR) is 118 cm³/mol. The van der Waals surface area contributed by atoms with E-state index in [0.29, 0.717) is 6.16 Å². The standard InChI is InChI=1S/C23H22ClN2P/c1-26-19-25-17-20(26)18-27(24,21-11-5-2-6-12-21,22-13-7-3-8-14-22)23-15-9-4-10-16-23/h2-17,19H,18H2,1H3. The van der Waals surface area contributed by atoms with Gasteiger partial charge < -0.3 is 0 Å². The summed E-state index contributed by atoms with van der Waals surface area (Å²) in [6.45, 7) is 0. The van der Waals surface area contributed by atoms with Gasteiger partial charge in [-0.1, -0.05) is 0 Å². The zero-order chi connectivity index (χ0) is 18.8. The van der Waals surface area contributed by atoms with Crippen molar-refractivity contribution in [3.8, 4) is 0 Å². The molecule has 4 heteroatoms. The molecule has 4 aromatic rings. The summed E-state index contributed by atoms with van der Waals surface area (Å²) in [4.78, 5) is 4.34. The third kappa shape index (κ3) is 2.90. The molecule has 0 aliphatic rings. The van der Waals surface area contributed by atoms with E-state index in [1.54, 1.807) is 0 Å². The molecule has 0 aliphatic heterocycles. The van der Waals surface area contributed by atoms with Crippen molar-refractivity contribution >= 4 is 33.1 Å². The summed E-state index contributed by atoms with van der Waals surface area (Å²) in [5, 5.41) is 3.51. The van der Waals surface area contributed by atoms with E-state index in [2.05, 4.69) is 82.3 Å². The topological polar surface area (TPSA) is 17.8 Å². The second kappa shape index (κ2) is 6.96. The van der Waals surface area contributed by atoms with Gasteiger partial charge in [0.05, 0.1) is 0 Å². The van der Waals surface area contributed by atoms with Gasteiger partial charge in [0.15, 0.2) is 0 Å². The monoisotopic (exact) mass is 392 g/mol. The van der Waals surface area contributed by atoms with Crippen molar-refractivity contribution in [1.29, 1.82) is 0 Å². The van der Waals surface area contributed by atoms with E-state index in [0.717, 1.165) is 5.69 Å². The molecule has 0 unspecified atom stereocenters. The molecular weight excluding hydrogens is 371 g/mol. The van der Waals surface area contributed by atoms with Crippen molar-refractivity contribution in [2.45, 2.75) is 6.16 Å². The van der Waals surface area contributed by atoms with Gasteiger partial charge in [-0.15, -0.1) is 0 Å². The fourth-order valence-electron chi connectivity index (χ4n) is 3.78. The molecule has 0 aliphatic carbocycles. The van der Waals surface area contributed by atoms with Crippen molar-refractivity contribution in [3.05, 3.63) is 109 Å². The molecule has 0 saturated carbocycles. The minimum absolute atomic E-state index is 0.710. The Morgan fingerprint density at radius 1 is 0.741 bits per heavy atom. The zero-order valence-corrected chi connectivity index (χ0v) is 16.9. The fourth-order valence-corrected chi connectivity index (χ4v) is 9.90.